The van der Waals surface area contributed by atoms with Gasteiger partial charge in [0, 0.05) is 122 Å². The van der Waals surface area contributed by atoms with Crippen molar-refractivity contribution in [2.45, 2.75) is 215 Å². The normalized spacial score (nSPS) is 15.8. The molecular formula is C94H149N11O22. The Bertz CT molecular complexity index is 3980. The number of urea groups is 1. The van der Waals surface area contributed by atoms with Gasteiger partial charge in [-0.3, -0.25) is 43.2 Å². The molecule has 712 valence electrons. The molecular weight excluding hydrogens is 1640 g/mol. The van der Waals surface area contributed by atoms with Crippen molar-refractivity contribution < 1.29 is 106 Å². The molecule has 4 aromatic rings. The molecule has 0 aliphatic carbocycles. The van der Waals surface area contributed by atoms with Gasteiger partial charge < -0.3 is 109 Å². The van der Waals surface area contributed by atoms with Crippen molar-refractivity contribution in [1.29, 1.82) is 0 Å². The molecule has 9 N–H and O–H groups in total. The Labute approximate surface area is 751 Å². The van der Waals surface area contributed by atoms with E-state index in [2.05, 4.69) is 62.2 Å². The van der Waals surface area contributed by atoms with Crippen LogP contribution in [0, 0.1) is 47.3 Å². The molecule has 1 fully saturated rings. The average molecular weight is 1790 g/mol. The first-order valence-corrected chi connectivity index (χ1v) is 45.2. The van der Waals surface area contributed by atoms with Crippen LogP contribution in [0.1, 0.15) is 170 Å². The summed E-state index contributed by atoms with van der Waals surface area (Å²) in [4.78, 5) is 157. The first-order chi connectivity index (χ1) is 60.7. The summed E-state index contributed by atoms with van der Waals surface area (Å²) >= 11 is 0. The minimum absolute atomic E-state index is 0.0407. The number of likely N-dealkylation sites (N-methyl/N-ethyl adjacent to an activating group) is 2. The lowest BCUT2D eigenvalue weighted by Crippen LogP contribution is -2.55. The Morgan fingerprint density at radius 3 is 1.79 bits per heavy atom. The number of carbonyl (C=O) groups excluding carboxylic acids is 11. The molecule has 9 amide bonds. The monoisotopic (exact) mass is 1780 g/mol. The highest BCUT2D eigenvalue weighted by atomic mass is 16.6. The summed E-state index contributed by atoms with van der Waals surface area (Å²) < 4.78 is 53.6. The number of carbonyl (C=O) groups is 11. The summed E-state index contributed by atoms with van der Waals surface area (Å²) in [7, 11) is 8.24. The van der Waals surface area contributed by atoms with Gasteiger partial charge in [0.2, 0.25) is 35.4 Å². The van der Waals surface area contributed by atoms with Crippen molar-refractivity contribution in [3.8, 4) is 0 Å². The maximum Gasteiger partial charge on any atom is 0.410 e. The van der Waals surface area contributed by atoms with E-state index in [1.165, 1.54) is 26.2 Å². The van der Waals surface area contributed by atoms with Gasteiger partial charge in [-0.2, -0.15) is 0 Å². The number of fused-ring (bicyclic) bond motifs is 1. The van der Waals surface area contributed by atoms with E-state index >= 15 is 0 Å². The second-order valence-electron chi connectivity index (χ2n) is 34.2. The third kappa shape index (κ3) is 36.9. The number of methoxy groups -OCH3 is 2. The molecule has 1 unspecified atom stereocenters. The summed E-state index contributed by atoms with van der Waals surface area (Å²) in [6, 6.07) is 21.5. The smallest absolute Gasteiger partial charge is 0.410 e. The van der Waals surface area contributed by atoms with E-state index in [4.69, 9.17) is 48.4 Å². The van der Waals surface area contributed by atoms with Gasteiger partial charge in [-0.05, 0) is 111 Å². The maximum absolute atomic E-state index is 15.0. The quantitative estimate of drug-likeness (QED) is 0.0192. The second-order valence-corrected chi connectivity index (χ2v) is 34.2. The number of hydrogen-bond acceptors (Lipinski definition) is 23. The number of likely N-dealkylation sites (tertiary alicyclic amines) is 1. The predicted octanol–water partition coefficient (Wildman–Crippen LogP) is 8.44. The fourth-order valence-electron chi connectivity index (χ4n) is 16.0. The van der Waals surface area contributed by atoms with Crippen LogP contribution < -0.4 is 32.3 Å². The largest absolute Gasteiger partial charge is 0.445 e. The SMILES string of the molecule is CCC(C)[C@@H]([C@@H](CC(=O)N1CCC[C@H]1[C@H](OC)[C@@H](C)C(=O)N[C@H](C)[C@@H](O)c1ccccc1)OC)N(C)C(=O)[C@@H](CC(=O)[C@H](C(C)C)N(C)C(=O)OCc1ccc(NC(=O)[C@H](CCCNC(N)=O)CC(=O)[C@@H](NC(=O)CCOCCOCCOCCOCCOCCOCCNC(=O)[C@H](CO)CC(=O)CCn2c(CN(C)CC)cc3ccccc32)C(C)C)cc1)C(C)C. The van der Waals surface area contributed by atoms with E-state index in [9.17, 15) is 63.0 Å². The summed E-state index contributed by atoms with van der Waals surface area (Å²) in [6.45, 7) is 26.1. The number of aliphatic hydroxyl groups excluding tert-OH is 2. The molecule has 0 saturated carbocycles. The number of nitrogens with one attached hydrogen (secondary N) is 5. The number of benzene rings is 3. The third-order valence-corrected chi connectivity index (χ3v) is 23.6. The molecule has 1 aromatic heterocycles. The fourth-order valence-corrected chi connectivity index (χ4v) is 16.0. The van der Waals surface area contributed by atoms with Gasteiger partial charge in [0.05, 0.1) is 153 Å². The first kappa shape index (κ1) is 109. The summed E-state index contributed by atoms with van der Waals surface area (Å²) in [5.41, 5.74) is 9.07. The van der Waals surface area contributed by atoms with E-state index in [0.717, 1.165) is 29.7 Å². The summed E-state index contributed by atoms with van der Waals surface area (Å²) in [5, 5.41) is 36.0. The van der Waals surface area contributed by atoms with E-state index in [0.29, 0.717) is 108 Å². The molecule has 3 aromatic carbocycles. The van der Waals surface area contributed by atoms with Crippen LogP contribution in [0.4, 0.5) is 15.3 Å². The van der Waals surface area contributed by atoms with Crippen LogP contribution >= 0.6 is 0 Å². The van der Waals surface area contributed by atoms with Crippen molar-refractivity contribution in [2.24, 2.45) is 53.1 Å². The zero-order valence-electron chi connectivity index (χ0n) is 78.1. The van der Waals surface area contributed by atoms with Crippen LogP contribution in [0.2, 0.25) is 0 Å². The average Bonchev–Trinajstić information content (AvgIpc) is 1.68. The topological polar surface area (TPSA) is 415 Å². The van der Waals surface area contributed by atoms with Crippen molar-refractivity contribution in [1.82, 2.24) is 45.4 Å². The van der Waals surface area contributed by atoms with Gasteiger partial charge >= 0.3 is 12.1 Å². The van der Waals surface area contributed by atoms with Gasteiger partial charge in [-0.25, -0.2) is 9.59 Å². The number of primary amides is 1. The van der Waals surface area contributed by atoms with Gasteiger partial charge in [-0.15, -0.1) is 0 Å². The molecule has 33 nitrogen and oxygen atoms in total. The van der Waals surface area contributed by atoms with Crippen LogP contribution in [0.25, 0.3) is 10.9 Å². The van der Waals surface area contributed by atoms with Crippen molar-refractivity contribution in [3.63, 3.8) is 0 Å². The zero-order chi connectivity index (χ0) is 93.7. The third-order valence-electron chi connectivity index (χ3n) is 23.6. The number of para-hydroxylation sites is 1. The Morgan fingerprint density at radius 1 is 0.614 bits per heavy atom. The lowest BCUT2D eigenvalue weighted by molar-refractivity contribution is -0.149. The number of amides is 9. The van der Waals surface area contributed by atoms with Gasteiger partial charge in [0.1, 0.15) is 12.4 Å². The number of ketones is 3. The summed E-state index contributed by atoms with van der Waals surface area (Å²) in [6.07, 6.45) is -1.10. The van der Waals surface area contributed by atoms with E-state index in [-0.39, 0.29) is 144 Å². The van der Waals surface area contributed by atoms with Gasteiger partial charge in [0.25, 0.3) is 0 Å². The minimum atomic E-state index is -0.982. The van der Waals surface area contributed by atoms with Crippen LogP contribution in [0.5, 0.6) is 0 Å². The number of nitrogens with two attached hydrogens (primary N) is 1. The lowest BCUT2D eigenvalue weighted by atomic mass is 9.83. The molecule has 0 radical (unpaired) electrons. The highest BCUT2D eigenvalue weighted by molar-refractivity contribution is 5.98. The number of anilines is 1. The number of aryl methyl sites for hydroxylation is 1. The van der Waals surface area contributed by atoms with Crippen LogP contribution in [-0.4, -0.2) is 289 Å². The number of hydrogen-bond donors (Lipinski definition) is 8. The molecule has 33 heteroatoms. The molecule has 1 aliphatic rings. The second kappa shape index (κ2) is 58.6. The van der Waals surface area contributed by atoms with Crippen molar-refractivity contribution >= 4 is 81.5 Å². The fraction of sp³-hybridized carbons (Fsp3) is 0.670. The molecule has 5 rings (SSSR count). The number of ether oxygens (including phenoxy) is 9. The lowest BCUT2D eigenvalue weighted by Gasteiger charge is -2.41. The van der Waals surface area contributed by atoms with Crippen molar-refractivity contribution in [2.75, 3.05) is 153 Å². The molecule has 127 heavy (non-hydrogen) atoms. The zero-order valence-corrected chi connectivity index (χ0v) is 78.1. The number of rotatable bonds is 65. The maximum atomic E-state index is 15.0. The molecule has 0 spiro atoms. The van der Waals surface area contributed by atoms with Gasteiger partial charge in [-0.1, -0.05) is 136 Å². The molecule has 0 bridgehead atoms. The highest BCUT2D eigenvalue weighted by Crippen LogP contribution is 2.33. The number of aromatic nitrogens is 1. The van der Waals surface area contributed by atoms with Gasteiger partial charge in [0.15, 0.2) is 11.6 Å². The van der Waals surface area contributed by atoms with Crippen LogP contribution in [0.15, 0.2) is 84.9 Å². The Balaban J connectivity index is 0.980. The van der Waals surface area contributed by atoms with Crippen LogP contribution in [0.3, 0.4) is 0 Å². The van der Waals surface area contributed by atoms with Crippen LogP contribution in [-0.2, 0) is 105 Å². The number of Topliss-reactive ketones (excluding diaryl/α,β-unsaturated/α-hetero) is 3. The first-order valence-electron chi connectivity index (χ1n) is 45.2. The number of aliphatic hydroxyl groups is 2. The Hall–Kier alpha value is -8.87. The minimum Gasteiger partial charge on any atom is -0.445 e. The molecule has 2 heterocycles. The molecule has 13 atom stereocenters. The van der Waals surface area contributed by atoms with Crippen molar-refractivity contribution in [3.05, 3.63) is 102 Å². The van der Waals surface area contributed by atoms with E-state index in [1.807, 2.05) is 77.9 Å². The van der Waals surface area contributed by atoms with E-state index in [1.54, 1.807) is 80.9 Å². The molecule has 1 aliphatic heterocycles. The Morgan fingerprint density at radius 2 is 1.22 bits per heavy atom. The standard InChI is InChI=1S/C94H149N11O22/c1-17-65(9)86(81(119-15)58-83(111)105-40-25-31-78(105)88(120-16)66(10)89(113)98-67(11)87(112)69-26-20-19-21-27-69)102(13)92(116)76(62(3)4)57-80(109)85(64(7)8)103(14)94(118)127-61-68-32-34-73(35-33-68)99-91(115)71(29-24-38-97-93(95)117)56-79(108)84(63(5)6)100-82(110)37-42-121-44-46-123-48-50-125-52-53-126-51-49-124-47-45-122-43-39-96-90(114)72(60-106)55-75(107)36-41-104-74(59-101(12)18-2)54-70-28-22-23-30-77(70)104/h19-23,26-28,30,32-35,54,62-67,71-72,76,78,81,84-88,106,112H,17-18,24-25,29,31,36-53,55-61H2,1-16H3,(H,96,114)(H,98,113)(H,99,115)(H,100,110)(H3,95,97,117)/t65?,66-,67-,71-,72+,76+,78+,81-,84+,85+,86+,87-,88-/m1/s1. The highest BCUT2D eigenvalue weighted by Gasteiger charge is 2.45. The number of nitrogens with zero attached hydrogens (tertiary/aromatic N) is 5. The summed E-state index contributed by atoms with van der Waals surface area (Å²) in [5.74, 6) is -7.41. The Kier molecular flexibility index (Phi) is 50.2. The molecule has 1 saturated heterocycles. The van der Waals surface area contributed by atoms with E-state index < -0.39 is 115 Å². The predicted molar refractivity (Wildman–Crippen MR) is 483 cm³/mol.